The lowest BCUT2D eigenvalue weighted by molar-refractivity contribution is -0.121. The fourth-order valence-corrected chi connectivity index (χ4v) is 6.70. The maximum atomic E-state index is 14.5. The highest BCUT2D eigenvalue weighted by Crippen LogP contribution is 2.51. The van der Waals surface area contributed by atoms with Crippen molar-refractivity contribution in [1.82, 2.24) is 4.41 Å². The molecule has 204 valence electrons. The highest BCUT2D eigenvalue weighted by molar-refractivity contribution is 7.89. The van der Waals surface area contributed by atoms with Crippen LogP contribution in [0.1, 0.15) is 48.4 Å². The number of unbranched alkanes of at least 4 members (excludes halogenated alkanes) is 1. The minimum Gasteiger partial charge on any atom is -0.311 e. The highest BCUT2D eigenvalue weighted by atomic mass is 35.5. The van der Waals surface area contributed by atoms with Gasteiger partial charge in [0.15, 0.2) is 0 Å². The highest BCUT2D eigenvalue weighted by Gasteiger charge is 2.55. The molecule has 0 aliphatic carbocycles. The number of halogens is 1. The van der Waals surface area contributed by atoms with E-state index in [2.05, 4.69) is 18.1 Å². The number of anilines is 1. The zero-order chi connectivity index (χ0) is 28.7. The van der Waals surface area contributed by atoms with Crippen LogP contribution in [0.15, 0.2) is 88.5 Å². The van der Waals surface area contributed by atoms with Gasteiger partial charge >= 0.3 is 0 Å². The average Bonchev–Trinajstić information content (AvgIpc) is 3.05. The molecule has 0 fully saturated rings. The molecule has 0 aromatic heterocycles. The van der Waals surface area contributed by atoms with E-state index >= 15 is 0 Å². The van der Waals surface area contributed by atoms with E-state index in [1.54, 1.807) is 41.3 Å². The minimum atomic E-state index is -4.23. The first-order chi connectivity index (χ1) is 19.1. The molecule has 0 N–H and O–H groups in total. The number of rotatable bonds is 6. The molecule has 0 saturated heterocycles. The van der Waals surface area contributed by atoms with Crippen LogP contribution in [-0.4, -0.2) is 31.0 Å². The van der Waals surface area contributed by atoms with Crippen LogP contribution in [0.3, 0.4) is 0 Å². The van der Waals surface area contributed by atoms with E-state index in [0.717, 1.165) is 34.1 Å². The number of carbonyl (C=O) groups is 1. The molecule has 2 heterocycles. The van der Waals surface area contributed by atoms with E-state index in [4.69, 9.17) is 11.6 Å². The van der Waals surface area contributed by atoms with Gasteiger partial charge in [0.1, 0.15) is 5.41 Å². The number of fused-ring (bicyclic) bond motifs is 2. The molecular weight excluding hydrogens is 544 g/mol. The Balaban J connectivity index is 1.80. The number of amides is 1. The predicted octanol–water partition coefficient (Wildman–Crippen LogP) is 6.25. The first kappa shape index (κ1) is 27.6. The van der Waals surface area contributed by atoms with Gasteiger partial charge in [-0.25, -0.2) is 0 Å². The van der Waals surface area contributed by atoms with Crippen molar-refractivity contribution in [2.24, 2.45) is 5.10 Å². The Kier molecular flexibility index (Phi) is 7.30. The monoisotopic (exact) mass is 572 g/mol. The van der Waals surface area contributed by atoms with Gasteiger partial charge < -0.3 is 4.90 Å². The Hall–Kier alpha value is -3.93. The summed E-state index contributed by atoms with van der Waals surface area (Å²) in [5.41, 5.74) is 2.52. The predicted molar refractivity (Wildman–Crippen MR) is 157 cm³/mol. The fourth-order valence-electron chi connectivity index (χ4n) is 5.31. The van der Waals surface area contributed by atoms with Gasteiger partial charge in [-0.1, -0.05) is 78.5 Å². The number of nitriles is 1. The van der Waals surface area contributed by atoms with Crippen molar-refractivity contribution in [2.45, 2.75) is 50.3 Å². The molecule has 9 heteroatoms. The summed E-state index contributed by atoms with van der Waals surface area (Å²) in [7, 11) is -4.23. The van der Waals surface area contributed by atoms with Crippen LogP contribution in [-0.2, 0) is 20.2 Å². The van der Waals surface area contributed by atoms with Crippen molar-refractivity contribution in [1.29, 1.82) is 5.26 Å². The molecular formula is C31H29ClN4O3S. The number of hydrogen-bond donors (Lipinski definition) is 0. The fraction of sp³-hybridized carbons (Fsp3) is 0.258. The molecule has 3 aromatic rings. The summed E-state index contributed by atoms with van der Waals surface area (Å²) in [5.74, 6) is -0.274. The topological polar surface area (TPSA) is 93.8 Å². The summed E-state index contributed by atoms with van der Waals surface area (Å²) in [6.45, 7) is 6.32. The zero-order valence-electron chi connectivity index (χ0n) is 22.6. The standard InChI is InChI=1S/C31H29ClN4O3S/c1-4-5-16-35-29-15-12-22(3)17-26(29)31(30(35)37)18-28(25-8-6-7-9-27(25)32)34-36(20-23(31)19-33)40(38,39)24-13-10-21(2)11-14-24/h6-15,17,20H,4-5,16,18H2,1-3H3. The van der Waals surface area contributed by atoms with E-state index in [1.807, 2.05) is 32.0 Å². The van der Waals surface area contributed by atoms with Gasteiger partial charge in [0.2, 0.25) is 5.91 Å². The van der Waals surface area contributed by atoms with Crippen LogP contribution >= 0.6 is 11.6 Å². The van der Waals surface area contributed by atoms with Crippen LogP contribution in [0.25, 0.3) is 0 Å². The second kappa shape index (κ2) is 10.6. The molecule has 0 radical (unpaired) electrons. The summed E-state index contributed by atoms with van der Waals surface area (Å²) in [6.07, 6.45) is 2.83. The number of benzene rings is 3. The molecule has 1 amide bonds. The lowest BCUT2D eigenvalue weighted by Crippen LogP contribution is -2.43. The lowest BCUT2D eigenvalue weighted by atomic mass is 9.71. The van der Waals surface area contributed by atoms with Crippen molar-refractivity contribution in [3.63, 3.8) is 0 Å². The molecule has 2 aliphatic rings. The Labute approximate surface area is 240 Å². The number of aryl methyl sites for hydroxylation is 2. The van der Waals surface area contributed by atoms with E-state index in [0.29, 0.717) is 28.4 Å². The maximum absolute atomic E-state index is 14.5. The molecule has 1 atom stereocenters. The van der Waals surface area contributed by atoms with Crippen molar-refractivity contribution >= 4 is 38.9 Å². The van der Waals surface area contributed by atoms with Crippen LogP contribution in [0.5, 0.6) is 0 Å². The summed E-state index contributed by atoms with van der Waals surface area (Å²) in [5, 5.41) is 15.5. The Bertz CT molecular complexity index is 1710. The number of hydrogen-bond acceptors (Lipinski definition) is 5. The largest absolute Gasteiger partial charge is 0.311 e. The van der Waals surface area contributed by atoms with Gasteiger partial charge in [-0.3, -0.25) is 4.79 Å². The normalized spacial score (nSPS) is 18.7. The van der Waals surface area contributed by atoms with Gasteiger partial charge in [0, 0.05) is 29.2 Å². The quantitative estimate of drug-likeness (QED) is 0.349. The van der Waals surface area contributed by atoms with Gasteiger partial charge in [0.05, 0.1) is 28.4 Å². The average molecular weight is 573 g/mol. The summed E-state index contributed by atoms with van der Waals surface area (Å²) < 4.78 is 28.6. The van der Waals surface area contributed by atoms with Crippen molar-refractivity contribution in [3.8, 4) is 6.07 Å². The molecule has 0 saturated carbocycles. The van der Waals surface area contributed by atoms with Gasteiger partial charge in [-0.2, -0.15) is 23.2 Å². The third-order valence-electron chi connectivity index (χ3n) is 7.47. The van der Waals surface area contributed by atoms with Crippen LogP contribution in [0.4, 0.5) is 5.69 Å². The number of nitrogens with zero attached hydrogens (tertiary/aromatic N) is 4. The number of carbonyl (C=O) groups excluding carboxylic acids is 1. The third-order valence-corrected chi connectivity index (χ3v) is 9.35. The summed E-state index contributed by atoms with van der Waals surface area (Å²) in [4.78, 5) is 16.2. The molecule has 1 unspecified atom stereocenters. The van der Waals surface area contributed by atoms with E-state index < -0.39 is 15.4 Å². The molecule has 7 nitrogen and oxygen atoms in total. The number of sulfonamides is 1. The van der Waals surface area contributed by atoms with E-state index in [9.17, 15) is 18.5 Å². The van der Waals surface area contributed by atoms with Crippen LogP contribution in [0, 0.1) is 25.2 Å². The first-order valence-electron chi connectivity index (χ1n) is 13.1. The molecule has 3 aromatic carbocycles. The van der Waals surface area contributed by atoms with Gasteiger partial charge in [-0.05, 0) is 50.1 Å². The summed E-state index contributed by atoms with van der Waals surface area (Å²) in [6, 6.07) is 21.3. The smallest absolute Gasteiger partial charge is 0.282 e. The van der Waals surface area contributed by atoms with E-state index in [1.165, 1.54) is 18.3 Å². The Morgan fingerprint density at radius 3 is 2.42 bits per heavy atom. The Morgan fingerprint density at radius 1 is 1.05 bits per heavy atom. The molecule has 0 bridgehead atoms. The number of hydrazone groups is 1. The van der Waals surface area contributed by atoms with Crippen molar-refractivity contribution < 1.29 is 13.2 Å². The zero-order valence-corrected chi connectivity index (χ0v) is 24.1. The maximum Gasteiger partial charge on any atom is 0.282 e. The second-order valence-electron chi connectivity index (χ2n) is 10.2. The molecule has 40 heavy (non-hydrogen) atoms. The first-order valence-corrected chi connectivity index (χ1v) is 14.9. The van der Waals surface area contributed by atoms with Crippen molar-refractivity contribution in [3.05, 3.63) is 106 Å². The lowest BCUT2D eigenvalue weighted by Gasteiger charge is -2.28. The van der Waals surface area contributed by atoms with E-state index in [-0.39, 0.29) is 22.8 Å². The molecule has 5 rings (SSSR count). The van der Waals surface area contributed by atoms with Crippen LogP contribution < -0.4 is 4.90 Å². The second-order valence-corrected chi connectivity index (χ2v) is 12.4. The SMILES string of the molecule is CCCCN1C(=O)C2(CC(c3ccccc3Cl)=NN(S(=O)(=O)c3ccc(C)cc3)C=C2C#N)c2cc(C)ccc21. The molecule has 2 aliphatic heterocycles. The van der Waals surface area contributed by atoms with Gasteiger partial charge in [-0.15, -0.1) is 0 Å². The third kappa shape index (κ3) is 4.49. The minimum absolute atomic E-state index is 0.00448. The van der Waals surface area contributed by atoms with Gasteiger partial charge in [0.25, 0.3) is 10.0 Å². The molecule has 1 spiro atoms. The van der Waals surface area contributed by atoms with Crippen LogP contribution in [0.2, 0.25) is 5.02 Å². The summed E-state index contributed by atoms with van der Waals surface area (Å²) >= 11 is 6.61. The Morgan fingerprint density at radius 2 is 1.75 bits per heavy atom. The van der Waals surface area contributed by atoms with Crippen molar-refractivity contribution in [2.75, 3.05) is 11.4 Å².